The normalized spacial score (nSPS) is 14.5. The average molecular weight is 385 g/mol. The van der Waals surface area contributed by atoms with E-state index in [-0.39, 0.29) is 5.91 Å². The zero-order valence-electron chi connectivity index (χ0n) is 16.7. The van der Waals surface area contributed by atoms with Crippen LogP contribution in [0.4, 0.5) is 5.69 Å². The SMILES string of the molecule is CSc1nc(C)c(CCC(=O)N2CCN(c3cccc(C)c3)CC2)c(C)n1. The molecule has 0 unspecified atom stereocenters. The summed E-state index contributed by atoms with van der Waals surface area (Å²) in [5.41, 5.74) is 5.61. The first-order chi connectivity index (χ1) is 13.0. The van der Waals surface area contributed by atoms with Gasteiger partial charge in [-0.1, -0.05) is 23.9 Å². The van der Waals surface area contributed by atoms with Gasteiger partial charge in [0.05, 0.1) is 0 Å². The fraction of sp³-hybridized carbons (Fsp3) is 0.476. The monoisotopic (exact) mass is 384 g/mol. The van der Waals surface area contributed by atoms with Crippen molar-refractivity contribution in [3.63, 3.8) is 0 Å². The quantitative estimate of drug-likeness (QED) is 0.584. The van der Waals surface area contributed by atoms with E-state index in [0.717, 1.165) is 48.3 Å². The molecule has 0 atom stereocenters. The number of aromatic nitrogens is 2. The third kappa shape index (κ3) is 4.80. The largest absolute Gasteiger partial charge is 0.368 e. The molecule has 0 radical (unpaired) electrons. The molecular weight excluding hydrogens is 356 g/mol. The van der Waals surface area contributed by atoms with E-state index in [4.69, 9.17) is 0 Å². The van der Waals surface area contributed by atoms with E-state index in [0.29, 0.717) is 12.8 Å². The fourth-order valence-corrected chi connectivity index (χ4v) is 4.05. The van der Waals surface area contributed by atoms with Gasteiger partial charge in [0.15, 0.2) is 5.16 Å². The zero-order valence-corrected chi connectivity index (χ0v) is 17.5. The molecule has 2 aromatic rings. The summed E-state index contributed by atoms with van der Waals surface area (Å²) in [4.78, 5) is 26.1. The predicted molar refractivity (Wildman–Crippen MR) is 112 cm³/mol. The molecule has 1 amide bonds. The maximum absolute atomic E-state index is 12.7. The lowest BCUT2D eigenvalue weighted by molar-refractivity contribution is -0.131. The van der Waals surface area contributed by atoms with Gasteiger partial charge in [-0.25, -0.2) is 9.97 Å². The molecule has 0 aliphatic carbocycles. The van der Waals surface area contributed by atoms with Gasteiger partial charge in [-0.2, -0.15) is 0 Å². The minimum absolute atomic E-state index is 0.228. The van der Waals surface area contributed by atoms with Crippen molar-refractivity contribution in [2.45, 2.75) is 38.8 Å². The summed E-state index contributed by atoms with van der Waals surface area (Å²) >= 11 is 1.55. The van der Waals surface area contributed by atoms with Crippen molar-refractivity contribution >= 4 is 23.4 Å². The van der Waals surface area contributed by atoms with Crippen molar-refractivity contribution < 1.29 is 4.79 Å². The van der Waals surface area contributed by atoms with Crippen LogP contribution in [0.5, 0.6) is 0 Å². The number of carbonyl (C=O) groups is 1. The van der Waals surface area contributed by atoms with Crippen LogP contribution < -0.4 is 4.90 Å². The molecular formula is C21H28N4OS. The number of nitrogens with zero attached hydrogens (tertiary/aromatic N) is 4. The van der Waals surface area contributed by atoms with Crippen LogP contribution in [-0.2, 0) is 11.2 Å². The average Bonchev–Trinajstić information content (AvgIpc) is 2.67. The first-order valence-corrected chi connectivity index (χ1v) is 10.7. The van der Waals surface area contributed by atoms with E-state index in [1.807, 2.05) is 25.0 Å². The molecule has 144 valence electrons. The molecule has 1 aromatic carbocycles. The first-order valence-electron chi connectivity index (χ1n) is 9.45. The van der Waals surface area contributed by atoms with Gasteiger partial charge < -0.3 is 9.80 Å². The van der Waals surface area contributed by atoms with Crippen molar-refractivity contribution in [2.75, 3.05) is 37.3 Å². The Bertz CT molecular complexity index is 793. The molecule has 6 heteroatoms. The topological polar surface area (TPSA) is 49.3 Å². The van der Waals surface area contributed by atoms with Gasteiger partial charge in [0, 0.05) is 49.7 Å². The minimum Gasteiger partial charge on any atom is -0.368 e. The predicted octanol–water partition coefficient (Wildman–Crippen LogP) is 3.41. The highest BCUT2D eigenvalue weighted by molar-refractivity contribution is 7.98. The Hall–Kier alpha value is -2.08. The molecule has 5 nitrogen and oxygen atoms in total. The second-order valence-corrected chi connectivity index (χ2v) is 7.84. The van der Waals surface area contributed by atoms with Crippen LogP contribution in [-0.4, -0.2) is 53.2 Å². The minimum atomic E-state index is 0.228. The lowest BCUT2D eigenvalue weighted by Crippen LogP contribution is -2.48. The summed E-state index contributed by atoms with van der Waals surface area (Å²) in [5.74, 6) is 0.228. The molecule has 0 N–H and O–H groups in total. The lowest BCUT2D eigenvalue weighted by atomic mass is 10.1. The highest BCUT2D eigenvalue weighted by Crippen LogP contribution is 2.20. The smallest absolute Gasteiger partial charge is 0.223 e. The standard InChI is InChI=1S/C21H28N4OS/c1-15-6-5-7-18(14-15)24-10-12-25(13-11-24)20(26)9-8-19-16(2)22-21(27-4)23-17(19)3/h5-7,14H,8-13H2,1-4H3. The van der Waals surface area contributed by atoms with E-state index in [1.165, 1.54) is 11.3 Å². The number of hydrogen-bond acceptors (Lipinski definition) is 5. The van der Waals surface area contributed by atoms with Crippen molar-refractivity contribution in [3.8, 4) is 0 Å². The summed E-state index contributed by atoms with van der Waals surface area (Å²) in [6, 6.07) is 8.56. The van der Waals surface area contributed by atoms with E-state index >= 15 is 0 Å². The van der Waals surface area contributed by atoms with Gasteiger partial charge in [0.2, 0.25) is 5.91 Å². The fourth-order valence-electron chi connectivity index (χ4n) is 3.59. The summed E-state index contributed by atoms with van der Waals surface area (Å²) < 4.78 is 0. The molecule has 2 heterocycles. The maximum atomic E-state index is 12.7. The van der Waals surface area contributed by atoms with Gasteiger partial charge >= 0.3 is 0 Å². The lowest BCUT2D eigenvalue weighted by Gasteiger charge is -2.36. The molecule has 1 saturated heterocycles. The number of hydrogen-bond donors (Lipinski definition) is 0. The number of rotatable bonds is 5. The van der Waals surface area contributed by atoms with Crippen molar-refractivity contribution in [2.24, 2.45) is 0 Å². The molecule has 27 heavy (non-hydrogen) atoms. The van der Waals surface area contributed by atoms with Crippen LogP contribution >= 0.6 is 11.8 Å². The summed E-state index contributed by atoms with van der Waals surface area (Å²) in [6.07, 6.45) is 3.21. The third-order valence-electron chi connectivity index (χ3n) is 5.17. The molecule has 1 aliphatic rings. The summed E-state index contributed by atoms with van der Waals surface area (Å²) in [7, 11) is 0. The number of carbonyl (C=O) groups excluding carboxylic acids is 1. The maximum Gasteiger partial charge on any atom is 0.223 e. The Morgan fingerprint density at radius 2 is 1.74 bits per heavy atom. The molecule has 1 aliphatic heterocycles. The number of benzene rings is 1. The number of thioether (sulfide) groups is 1. The Morgan fingerprint density at radius 3 is 2.33 bits per heavy atom. The van der Waals surface area contributed by atoms with Crippen LogP contribution in [0.1, 0.15) is 28.9 Å². The number of amides is 1. The van der Waals surface area contributed by atoms with Gasteiger partial charge in [0.1, 0.15) is 0 Å². The van der Waals surface area contributed by atoms with Crippen LogP contribution in [0.15, 0.2) is 29.4 Å². The Kier molecular flexibility index (Phi) is 6.37. The van der Waals surface area contributed by atoms with Crippen LogP contribution in [0.25, 0.3) is 0 Å². The first kappa shape index (κ1) is 19.7. The van der Waals surface area contributed by atoms with Crippen LogP contribution in [0.3, 0.4) is 0 Å². The van der Waals surface area contributed by atoms with Gasteiger partial charge in [0.25, 0.3) is 0 Å². The number of aryl methyl sites for hydroxylation is 3. The summed E-state index contributed by atoms with van der Waals surface area (Å²) in [5, 5.41) is 0.798. The molecule has 0 spiro atoms. The van der Waals surface area contributed by atoms with Gasteiger partial charge in [-0.3, -0.25) is 4.79 Å². The van der Waals surface area contributed by atoms with E-state index in [2.05, 4.69) is 46.1 Å². The summed E-state index contributed by atoms with van der Waals surface area (Å²) in [6.45, 7) is 9.48. The van der Waals surface area contributed by atoms with E-state index < -0.39 is 0 Å². The van der Waals surface area contributed by atoms with Crippen LogP contribution in [0.2, 0.25) is 0 Å². The molecule has 1 fully saturated rings. The highest BCUT2D eigenvalue weighted by Gasteiger charge is 2.21. The van der Waals surface area contributed by atoms with Crippen LogP contribution in [0, 0.1) is 20.8 Å². The van der Waals surface area contributed by atoms with E-state index in [9.17, 15) is 4.79 Å². The van der Waals surface area contributed by atoms with Crippen molar-refractivity contribution in [3.05, 3.63) is 46.8 Å². The number of anilines is 1. The molecule has 1 aromatic heterocycles. The molecule has 0 saturated carbocycles. The van der Waals surface area contributed by atoms with Gasteiger partial charge in [-0.15, -0.1) is 0 Å². The second kappa shape index (κ2) is 8.74. The zero-order chi connectivity index (χ0) is 19.4. The Labute approximate surface area is 166 Å². The second-order valence-electron chi connectivity index (χ2n) is 7.07. The Balaban J connectivity index is 1.54. The van der Waals surface area contributed by atoms with E-state index in [1.54, 1.807) is 11.8 Å². The van der Waals surface area contributed by atoms with Gasteiger partial charge in [-0.05, 0) is 56.7 Å². The Morgan fingerprint density at radius 1 is 1.07 bits per heavy atom. The third-order valence-corrected chi connectivity index (χ3v) is 5.72. The van der Waals surface area contributed by atoms with Crippen molar-refractivity contribution in [1.29, 1.82) is 0 Å². The number of piperazine rings is 1. The molecule has 3 rings (SSSR count). The van der Waals surface area contributed by atoms with Crippen molar-refractivity contribution in [1.82, 2.24) is 14.9 Å². The highest BCUT2D eigenvalue weighted by atomic mass is 32.2. The molecule has 0 bridgehead atoms.